The fourth-order valence-electron chi connectivity index (χ4n) is 2.83. The molecule has 0 unspecified atom stereocenters. The van der Waals surface area contributed by atoms with Crippen LogP contribution in [0.4, 0.5) is 10.3 Å². The summed E-state index contributed by atoms with van der Waals surface area (Å²) < 4.78 is 4.71. The lowest BCUT2D eigenvalue weighted by molar-refractivity contribution is 1.15. The summed E-state index contributed by atoms with van der Waals surface area (Å²) in [5.41, 5.74) is 4.43. The molecule has 5 rings (SSSR count). The van der Waals surface area contributed by atoms with E-state index in [2.05, 4.69) is 53.8 Å². The third-order valence-electron chi connectivity index (χ3n) is 4.14. The molecule has 0 bridgehead atoms. The highest BCUT2D eigenvalue weighted by Crippen LogP contribution is 2.39. The van der Waals surface area contributed by atoms with E-state index in [0.717, 1.165) is 37.6 Å². The molecule has 1 N–H and O–H groups in total. The van der Waals surface area contributed by atoms with E-state index in [1.54, 1.807) is 45.8 Å². The molecule has 0 saturated carbocycles. The van der Waals surface area contributed by atoms with Gasteiger partial charge in [0.2, 0.25) is 0 Å². The molecule has 0 spiro atoms. The Bertz CT molecular complexity index is 1250. The van der Waals surface area contributed by atoms with Gasteiger partial charge < -0.3 is 5.32 Å². The number of nitrogens with zero attached hydrogens (tertiary/aromatic N) is 3. The van der Waals surface area contributed by atoms with Crippen LogP contribution in [-0.2, 0) is 6.42 Å². The van der Waals surface area contributed by atoms with Gasteiger partial charge in [-0.1, -0.05) is 47.4 Å². The molecule has 4 nitrogen and oxygen atoms in total. The van der Waals surface area contributed by atoms with Crippen molar-refractivity contribution in [2.45, 2.75) is 17.7 Å². The second-order valence-electron chi connectivity index (χ2n) is 5.76. The first-order chi connectivity index (χ1) is 12.7. The van der Waals surface area contributed by atoms with Gasteiger partial charge in [-0.25, -0.2) is 15.0 Å². The summed E-state index contributed by atoms with van der Waals surface area (Å²) >= 11 is 6.76. The Morgan fingerprint density at radius 3 is 2.38 bits per heavy atom. The molecule has 3 heterocycles. The van der Waals surface area contributed by atoms with Gasteiger partial charge in [0.1, 0.15) is 0 Å². The van der Waals surface area contributed by atoms with Crippen LogP contribution in [0, 0.1) is 0 Å². The van der Waals surface area contributed by atoms with Crippen LogP contribution in [0.1, 0.15) is 12.5 Å². The largest absolute Gasteiger partial charge is 0.307 e. The van der Waals surface area contributed by atoms with Crippen LogP contribution < -0.4 is 5.32 Å². The van der Waals surface area contributed by atoms with Gasteiger partial charge in [0.25, 0.3) is 0 Å². The van der Waals surface area contributed by atoms with Crippen LogP contribution in [0.15, 0.2) is 34.7 Å². The number of fused-ring (bicyclic) bond motifs is 4. The minimum atomic E-state index is 0.876. The maximum atomic E-state index is 4.74. The van der Waals surface area contributed by atoms with Crippen LogP contribution >= 0.6 is 45.8 Å². The SMILES string of the molecule is CCc1ccc2nc(Nc3nc4ccc5nc(SC)sc5c4s3)sc2c1. The summed E-state index contributed by atoms with van der Waals surface area (Å²) in [6.07, 6.45) is 3.10. The molecule has 130 valence electrons. The van der Waals surface area contributed by atoms with Crippen molar-refractivity contribution in [2.75, 3.05) is 11.6 Å². The van der Waals surface area contributed by atoms with E-state index < -0.39 is 0 Å². The summed E-state index contributed by atoms with van der Waals surface area (Å²) in [5, 5.41) is 5.16. The van der Waals surface area contributed by atoms with E-state index >= 15 is 0 Å². The van der Waals surface area contributed by atoms with Crippen molar-refractivity contribution in [1.29, 1.82) is 0 Å². The zero-order chi connectivity index (χ0) is 17.7. The standard InChI is InChI=1S/C18H14N4S4/c1-3-9-4-5-10-13(8-9)24-16(19-10)22-17-20-11-6-7-12-15(14(11)25-17)26-18(21-12)23-2/h4-8H,3H2,1-2H3,(H,19,20,22). The molecule has 0 amide bonds. The van der Waals surface area contributed by atoms with Gasteiger partial charge in [0, 0.05) is 0 Å². The lowest BCUT2D eigenvalue weighted by Gasteiger charge is -1.93. The molecular weight excluding hydrogens is 400 g/mol. The number of rotatable bonds is 4. The van der Waals surface area contributed by atoms with Crippen molar-refractivity contribution >= 4 is 86.7 Å². The van der Waals surface area contributed by atoms with Crippen molar-refractivity contribution < 1.29 is 0 Å². The summed E-state index contributed by atoms with van der Waals surface area (Å²) in [4.78, 5) is 14.1. The molecule has 5 aromatic rings. The Hall–Kier alpha value is -1.74. The number of thiazole rings is 3. The molecule has 2 aromatic carbocycles. The van der Waals surface area contributed by atoms with Crippen molar-refractivity contribution in [1.82, 2.24) is 15.0 Å². The first-order valence-electron chi connectivity index (χ1n) is 8.14. The summed E-state index contributed by atoms with van der Waals surface area (Å²) in [6, 6.07) is 10.6. The van der Waals surface area contributed by atoms with E-state index in [1.807, 2.05) is 0 Å². The summed E-state index contributed by atoms with van der Waals surface area (Å²) in [6.45, 7) is 2.17. The number of nitrogens with one attached hydrogen (secondary N) is 1. The number of thioether (sulfide) groups is 1. The molecule has 26 heavy (non-hydrogen) atoms. The first kappa shape index (κ1) is 16.4. The highest BCUT2D eigenvalue weighted by atomic mass is 32.2. The molecule has 0 saturated heterocycles. The Morgan fingerprint density at radius 2 is 1.58 bits per heavy atom. The lowest BCUT2D eigenvalue weighted by Crippen LogP contribution is -1.87. The average Bonchev–Trinajstić information content (AvgIpc) is 3.35. The Kier molecular flexibility index (Phi) is 4.08. The van der Waals surface area contributed by atoms with Gasteiger partial charge in [-0.05, 0) is 42.5 Å². The number of aromatic nitrogens is 3. The molecule has 0 fully saturated rings. The van der Waals surface area contributed by atoms with Crippen molar-refractivity contribution in [2.24, 2.45) is 0 Å². The van der Waals surface area contributed by atoms with E-state index in [0.29, 0.717) is 0 Å². The van der Waals surface area contributed by atoms with Crippen LogP contribution in [0.5, 0.6) is 0 Å². The first-order valence-corrected chi connectivity index (χ1v) is 11.8. The second-order valence-corrected chi connectivity index (χ2v) is 9.85. The van der Waals surface area contributed by atoms with Crippen molar-refractivity contribution in [3.8, 4) is 0 Å². The van der Waals surface area contributed by atoms with Gasteiger partial charge >= 0.3 is 0 Å². The second kappa shape index (κ2) is 6.45. The lowest BCUT2D eigenvalue weighted by atomic mass is 10.2. The van der Waals surface area contributed by atoms with Crippen LogP contribution in [-0.4, -0.2) is 21.2 Å². The number of hydrogen-bond donors (Lipinski definition) is 1. The molecule has 0 radical (unpaired) electrons. The van der Waals surface area contributed by atoms with E-state index in [1.165, 1.54) is 19.7 Å². The minimum Gasteiger partial charge on any atom is -0.307 e. The Morgan fingerprint density at radius 1 is 0.885 bits per heavy atom. The Labute approximate surface area is 166 Å². The van der Waals surface area contributed by atoms with Crippen LogP contribution in [0.25, 0.3) is 30.6 Å². The number of anilines is 2. The van der Waals surface area contributed by atoms with Gasteiger partial charge in [0.15, 0.2) is 14.6 Å². The third kappa shape index (κ3) is 2.77. The third-order valence-corrected chi connectivity index (χ3v) is 8.28. The normalized spacial score (nSPS) is 11.8. The molecular formula is C18H14N4S4. The van der Waals surface area contributed by atoms with Gasteiger partial charge in [-0.15, -0.1) is 11.3 Å². The summed E-state index contributed by atoms with van der Waals surface area (Å²) in [5.74, 6) is 0. The molecule has 8 heteroatoms. The van der Waals surface area contributed by atoms with Gasteiger partial charge in [-0.2, -0.15) is 0 Å². The zero-order valence-electron chi connectivity index (χ0n) is 14.1. The highest BCUT2D eigenvalue weighted by Gasteiger charge is 2.13. The fourth-order valence-corrected chi connectivity index (χ4v) is 6.48. The van der Waals surface area contributed by atoms with E-state index in [9.17, 15) is 0 Å². The van der Waals surface area contributed by atoms with Gasteiger partial charge in [-0.3, -0.25) is 0 Å². The predicted octanol–water partition coefficient (Wildman–Crippen LogP) is 6.54. The smallest absolute Gasteiger partial charge is 0.190 e. The van der Waals surface area contributed by atoms with Crippen LogP contribution in [0.2, 0.25) is 0 Å². The zero-order valence-corrected chi connectivity index (χ0v) is 17.3. The topological polar surface area (TPSA) is 50.7 Å². The van der Waals surface area contributed by atoms with Crippen molar-refractivity contribution in [3.63, 3.8) is 0 Å². The maximum absolute atomic E-state index is 4.74. The Balaban J connectivity index is 1.54. The fraction of sp³-hybridized carbons (Fsp3) is 0.167. The molecule has 0 aliphatic rings. The average molecular weight is 415 g/mol. The number of benzene rings is 2. The van der Waals surface area contributed by atoms with E-state index in [-0.39, 0.29) is 0 Å². The monoisotopic (exact) mass is 414 g/mol. The van der Waals surface area contributed by atoms with Gasteiger partial charge in [0.05, 0.1) is 30.6 Å². The quantitative estimate of drug-likeness (QED) is 0.338. The van der Waals surface area contributed by atoms with Crippen molar-refractivity contribution in [3.05, 3.63) is 35.9 Å². The minimum absolute atomic E-state index is 0.876. The maximum Gasteiger partial charge on any atom is 0.190 e. The number of hydrogen-bond acceptors (Lipinski definition) is 8. The van der Waals surface area contributed by atoms with E-state index in [4.69, 9.17) is 9.97 Å². The highest BCUT2D eigenvalue weighted by molar-refractivity contribution is 8.00. The molecule has 0 atom stereocenters. The summed E-state index contributed by atoms with van der Waals surface area (Å²) in [7, 11) is 0. The number of aryl methyl sites for hydroxylation is 1. The molecule has 0 aliphatic heterocycles. The predicted molar refractivity (Wildman–Crippen MR) is 117 cm³/mol. The molecule has 0 aliphatic carbocycles. The van der Waals surface area contributed by atoms with Crippen LogP contribution in [0.3, 0.4) is 0 Å². The molecule has 3 aromatic heterocycles.